The van der Waals surface area contributed by atoms with Gasteiger partial charge in [0.15, 0.2) is 0 Å². The molecule has 0 aromatic heterocycles. The maximum atomic E-state index is 12.0. The largest absolute Gasteiger partial charge is 0.356 e. The van der Waals surface area contributed by atoms with Gasteiger partial charge in [0.2, 0.25) is 5.91 Å². The van der Waals surface area contributed by atoms with Crippen LogP contribution in [-0.2, 0) is 4.79 Å². The predicted molar refractivity (Wildman–Crippen MR) is 78.4 cm³/mol. The van der Waals surface area contributed by atoms with Crippen LogP contribution in [0.2, 0.25) is 0 Å². The van der Waals surface area contributed by atoms with Gasteiger partial charge in [-0.05, 0) is 45.5 Å². The molecule has 1 fully saturated rings. The van der Waals surface area contributed by atoms with Crippen molar-refractivity contribution in [3.8, 4) is 0 Å². The summed E-state index contributed by atoms with van der Waals surface area (Å²) in [4.78, 5) is 14.1. The van der Waals surface area contributed by atoms with Gasteiger partial charge in [0.05, 0.1) is 0 Å². The number of anilines is 1. The summed E-state index contributed by atoms with van der Waals surface area (Å²) in [5, 5.41) is 6.15. The van der Waals surface area contributed by atoms with Crippen LogP contribution in [0, 0.1) is 0 Å². The van der Waals surface area contributed by atoms with Gasteiger partial charge < -0.3 is 15.5 Å². The van der Waals surface area contributed by atoms with Crippen LogP contribution in [0.1, 0.15) is 32.4 Å². The molecule has 0 radical (unpaired) electrons. The van der Waals surface area contributed by atoms with Gasteiger partial charge in [-0.1, -0.05) is 12.1 Å². The Morgan fingerprint density at radius 2 is 1.95 bits per heavy atom. The number of carbonyl (C=O) groups is 1. The lowest BCUT2D eigenvalue weighted by molar-refractivity contribution is -0.126. The Kier molecular flexibility index (Phi) is 3.80. The van der Waals surface area contributed by atoms with Crippen LogP contribution in [0.5, 0.6) is 0 Å². The van der Waals surface area contributed by atoms with Crippen molar-refractivity contribution in [2.45, 2.75) is 32.4 Å². The van der Waals surface area contributed by atoms with Crippen molar-refractivity contribution in [3.63, 3.8) is 0 Å². The molecular weight excluding hydrogens is 238 g/mol. The molecule has 1 aromatic carbocycles. The highest BCUT2D eigenvalue weighted by Gasteiger charge is 2.37. The fraction of sp³-hybridized carbons (Fsp3) is 0.533. The smallest absolute Gasteiger partial charge is 0.245 e. The minimum absolute atomic E-state index is 0.0893. The van der Waals surface area contributed by atoms with Crippen LogP contribution in [0.4, 0.5) is 5.69 Å². The van der Waals surface area contributed by atoms with E-state index in [-0.39, 0.29) is 5.91 Å². The van der Waals surface area contributed by atoms with Gasteiger partial charge in [0.1, 0.15) is 5.54 Å². The fourth-order valence-electron chi connectivity index (χ4n) is 2.46. The second-order valence-corrected chi connectivity index (χ2v) is 5.57. The van der Waals surface area contributed by atoms with E-state index in [1.807, 2.05) is 20.9 Å². The lowest BCUT2D eigenvalue weighted by atomic mass is 9.97. The van der Waals surface area contributed by atoms with Crippen LogP contribution in [0.3, 0.4) is 0 Å². The van der Waals surface area contributed by atoms with Crippen LogP contribution < -0.4 is 15.5 Å². The summed E-state index contributed by atoms with van der Waals surface area (Å²) in [5.74, 6) is 0.0893. The lowest BCUT2D eigenvalue weighted by Crippen LogP contribution is -2.62. The minimum atomic E-state index is -0.492. The Hall–Kier alpha value is -1.55. The van der Waals surface area contributed by atoms with Crippen molar-refractivity contribution >= 4 is 11.6 Å². The Balaban J connectivity index is 2.24. The highest BCUT2D eigenvalue weighted by molar-refractivity contribution is 5.90. The van der Waals surface area contributed by atoms with Crippen molar-refractivity contribution < 1.29 is 4.79 Å². The summed E-state index contributed by atoms with van der Waals surface area (Å²) in [7, 11) is 1.96. The fourth-order valence-corrected chi connectivity index (χ4v) is 2.46. The number of carbonyl (C=O) groups excluding carboxylic acids is 1. The number of nitrogens with zero attached hydrogens (tertiary/aromatic N) is 1. The molecule has 104 valence electrons. The van der Waals surface area contributed by atoms with Gasteiger partial charge >= 0.3 is 0 Å². The van der Waals surface area contributed by atoms with Gasteiger partial charge in [-0.2, -0.15) is 0 Å². The Morgan fingerprint density at radius 1 is 1.32 bits per heavy atom. The monoisotopic (exact) mass is 261 g/mol. The Morgan fingerprint density at radius 3 is 2.53 bits per heavy atom. The molecule has 0 spiro atoms. The standard InChI is InChI=1S/C15H23N3O/c1-11(16-4)12-5-7-13(8-6-12)18-10-9-17-14(19)15(18,2)3/h5-8,11,16H,9-10H2,1-4H3,(H,17,19). The van der Waals surface area contributed by atoms with E-state index in [9.17, 15) is 4.79 Å². The maximum Gasteiger partial charge on any atom is 0.245 e. The molecule has 1 aliphatic rings. The number of rotatable bonds is 3. The second kappa shape index (κ2) is 5.21. The van der Waals surface area contributed by atoms with Gasteiger partial charge in [-0.3, -0.25) is 4.79 Å². The molecule has 1 atom stereocenters. The van der Waals surface area contributed by atoms with Gasteiger partial charge in [0, 0.05) is 24.8 Å². The first kappa shape index (κ1) is 13.9. The zero-order chi connectivity index (χ0) is 14.0. The number of hydrogen-bond donors (Lipinski definition) is 2. The molecule has 0 saturated carbocycles. The molecule has 4 nitrogen and oxygen atoms in total. The highest BCUT2D eigenvalue weighted by atomic mass is 16.2. The molecule has 0 bridgehead atoms. The van der Waals surface area contributed by atoms with Gasteiger partial charge in [0.25, 0.3) is 0 Å². The van der Waals surface area contributed by atoms with Gasteiger partial charge in [-0.25, -0.2) is 0 Å². The average molecular weight is 261 g/mol. The van der Waals surface area contributed by atoms with E-state index < -0.39 is 5.54 Å². The molecule has 1 amide bonds. The average Bonchev–Trinajstić information content (AvgIpc) is 2.41. The van der Waals surface area contributed by atoms with E-state index in [4.69, 9.17) is 0 Å². The highest BCUT2D eigenvalue weighted by Crippen LogP contribution is 2.27. The van der Waals surface area contributed by atoms with Crippen molar-refractivity contribution in [2.75, 3.05) is 25.0 Å². The van der Waals surface area contributed by atoms with Gasteiger partial charge in [-0.15, -0.1) is 0 Å². The molecule has 1 saturated heterocycles. The van der Waals surface area contributed by atoms with Crippen LogP contribution in [0.15, 0.2) is 24.3 Å². The Labute approximate surface area is 115 Å². The molecule has 2 rings (SSSR count). The molecule has 1 aromatic rings. The van der Waals surface area contributed by atoms with E-state index in [1.54, 1.807) is 0 Å². The van der Waals surface area contributed by atoms with Crippen molar-refractivity contribution in [1.82, 2.24) is 10.6 Å². The maximum absolute atomic E-state index is 12.0. The molecule has 1 aliphatic heterocycles. The summed E-state index contributed by atoms with van der Waals surface area (Å²) in [6.45, 7) is 7.61. The quantitative estimate of drug-likeness (QED) is 0.870. The first-order chi connectivity index (χ1) is 8.96. The topological polar surface area (TPSA) is 44.4 Å². The van der Waals surface area contributed by atoms with Crippen LogP contribution in [-0.4, -0.2) is 31.6 Å². The number of hydrogen-bond acceptors (Lipinski definition) is 3. The van der Waals surface area contributed by atoms with Crippen molar-refractivity contribution in [3.05, 3.63) is 29.8 Å². The lowest BCUT2D eigenvalue weighted by Gasteiger charge is -2.43. The number of piperazine rings is 1. The van der Waals surface area contributed by atoms with E-state index >= 15 is 0 Å². The summed E-state index contributed by atoms with van der Waals surface area (Å²) in [5.41, 5.74) is 1.87. The number of nitrogens with one attached hydrogen (secondary N) is 2. The normalized spacial score (nSPS) is 20.0. The zero-order valence-electron chi connectivity index (χ0n) is 12.2. The van der Waals surface area contributed by atoms with E-state index in [1.165, 1.54) is 5.56 Å². The SMILES string of the molecule is CNC(C)c1ccc(N2CCNC(=O)C2(C)C)cc1. The molecule has 2 N–H and O–H groups in total. The van der Waals surface area contributed by atoms with Crippen LogP contribution in [0.25, 0.3) is 0 Å². The number of amides is 1. The molecule has 19 heavy (non-hydrogen) atoms. The molecule has 0 aliphatic carbocycles. The van der Waals surface area contributed by atoms with E-state index in [0.717, 1.165) is 12.2 Å². The minimum Gasteiger partial charge on any atom is -0.356 e. The first-order valence-corrected chi connectivity index (χ1v) is 6.80. The molecule has 1 heterocycles. The first-order valence-electron chi connectivity index (χ1n) is 6.80. The third kappa shape index (κ3) is 2.59. The summed E-state index contributed by atoms with van der Waals surface area (Å²) >= 11 is 0. The molecule has 1 unspecified atom stereocenters. The van der Waals surface area contributed by atoms with E-state index in [0.29, 0.717) is 12.6 Å². The summed E-state index contributed by atoms with van der Waals surface area (Å²) < 4.78 is 0. The van der Waals surface area contributed by atoms with Crippen molar-refractivity contribution in [2.24, 2.45) is 0 Å². The third-order valence-electron chi connectivity index (χ3n) is 3.99. The van der Waals surface area contributed by atoms with Crippen LogP contribution >= 0.6 is 0 Å². The second-order valence-electron chi connectivity index (χ2n) is 5.57. The van der Waals surface area contributed by atoms with E-state index in [2.05, 4.69) is 46.7 Å². The summed E-state index contributed by atoms with van der Waals surface area (Å²) in [6, 6.07) is 8.79. The third-order valence-corrected chi connectivity index (χ3v) is 3.99. The molecule has 4 heteroatoms. The van der Waals surface area contributed by atoms with Crippen molar-refractivity contribution in [1.29, 1.82) is 0 Å². The molecular formula is C15H23N3O. The number of benzene rings is 1. The predicted octanol–water partition coefficient (Wildman–Crippen LogP) is 1.68. The summed E-state index contributed by atoms with van der Waals surface area (Å²) in [6.07, 6.45) is 0. The Bertz CT molecular complexity index is 453. The zero-order valence-corrected chi connectivity index (χ0v) is 12.2.